The Hall–Kier alpha value is -1.52. The van der Waals surface area contributed by atoms with Gasteiger partial charge in [0.2, 0.25) is 0 Å². The summed E-state index contributed by atoms with van der Waals surface area (Å²) in [6, 6.07) is -0.840. The first-order valence-electron chi connectivity index (χ1n) is 7.13. The Morgan fingerprint density at radius 2 is 2.05 bits per heavy atom. The summed E-state index contributed by atoms with van der Waals surface area (Å²) in [4.78, 5) is 23.0. The van der Waals surface area contributed by atoms with Crippen molar-refractivity contribution in [3.05, 3.63) is 12.7 Å². The smallest absolute Gasteiger partial charge is 0.407 e. The topological polar surface area (TPSA) is 75.6 Å². The van der Waals surface area contributed by atoms with Gasteiger partial charge in [-0.1, -0.05) is 32.8 Å². The minimum atomic E-state index is -0.987. The Bertz CT molecular complexity index is 359. The SMILES string of the molecule is C=CCC(C)(C)COC(=O)N[C@H](C(=O)O)C1CCCC1. The van der Waals surface area contributed by atoms with Gasteiger partial charge in [-0.15, -0.1) is 6.58 Å². The molecule has 0 unspecified atom stereocenters. The fraction of sp³-hybridized carbons (Fsp3) is 0.733. The highest BCUT2D eigenvalue weighted by molar-refractivity contribution is 5.80. The number of hydrogen-bond acceptors (Lipinski definition) is 3. The summed E-state index contributed by atoms with van der Waals surface area (Å²) in [5.74, 6) is -0.972. The maximum atomic E-state index is 11.7. The molecule has 114 valence electrons. The zero-order valence-electron chi connectivity index (χ0n) is 12.4. The zero-order valence-corrected chi connectivity index (χ0v) is 12.4. The van der Waals surface area contributed by atoms with E-state index in [1.807, 2.05) is 13.8 Å². The second-order valence-electron chi connectivity index (χ2n) is 6.24. The first-order valence-corrected chi connectivity index (χ1v) is 7.13. The van der Waals surface area contributed by atoms with Gasteiger partial charge in [-0.05, 0) is 25.2 Å². The van der Waals surface area contributed by atoms with Crippen LogP contribution in [0.15, 0.2) is 12.7 Å². The zero-order chi connectivity index (χ0) is 15.2. The highest BCUT2D eigenvalue weighted by Crippen LogP contribution is 2.28. The van der Waals surface area contributed by atoms with Crippen LogP contribution >= 0.6 is 0 Å². The van der Waals surface area contributed by atoms with Gasteiger partial charge in [-0.25, -0.2) is 9.59 Å². The molecule has 0 aromatic heterocycles. The van der Waals surface area contributed by atoms with E-state index >= 15 is 0 Å². The maximum Gasteiger partial charge on any atom is 0.407 e. The summed E-state index contributed by atoms with van der Waals surface area (Å²) < 4.78 is 5.14. The summed E-state index contributed by atoms with van der Waals surface area (Å²) in [7, 11) is 0. The van der Waals surface area contributed by atoms with E-state index in [9.17, 15) is 14.7 Å². The van der Waals surface area contributed by atoms with Crippen molar-refractivity contribution in [2.45, 2.75) is 52.0 Å². The summed E-state index contributed by atoms with van der Waals surface area (Å²) in [5, 5.41) is 11.7. The molecule has 5 heteroatoms. The number of rotatable bonds is 7. The minimum absolute atomic E-state index is 0.0150. The first-order chi connectivity index (χ1) is 9.35. The lowest BCUT2D eigenvalue weighted by atomic mass is 9.91. The van der Waals surface area contributed by atoms with Gasteiger partial charge in [0.1, 0.15) is 6.04 Å². The van der Waals surface area contributed by atoms with Crippen molar-refractivity contribution in [3.8, 4) is 0 Å². The Morgan fingerprint density at radius 1 is 1.45 bits per heavy atom. The van der Waals surface area contributed by atoms with Gasteiger partial charge in [-0.3, -0.25) is 0 Å². The van der Waals surface area contributed by atoms with E-state index in [0.29, 0.717) is 0 Å². The number of hydrogen-bond donors (Lipinski definition) is 2. The number of allylic oxidation sites excluding steroid dienone is 1. The Morgan fingerprint density at radius 3 is 2.55 bits per heavy atom. The number of carboxylic acids is 1. The van der Waals surface area contributed by atoms with Gasteiger partial charge < -0.3 is 15.2 Å². The standard InChI is InChI=1S/C15H25NO4/c1-4-9-15(2,3)10-20-14(19)16-12(13(17)18)11-7-5-6-8-11/h4,11-12H,1,5-10H2,2-3H3,(H,16,19)(H,17,18)/t12-/m0/s1. The third-order valence-corrected chi connectivity index (χ3v) is 3.70. The molecule has 0 spiro atoms. The van der Waals surface area contributed by atoms with Crippen molar-refractivity contribution < 1.29 is 19.4 Å². The fourth-order valence-corrected chi connectivity index (χ4v) is 2.55. The lowest BCUT2D eigenvalue weighted by Crippen LogP contribution is -2.46. The van der Waals surface area contributed by atoms with Crippen LogP contribution in [0.4, 0.5) is 4.79 Å². The van der Waals surface area contributed by atoms with E-state index in [1.54, 1.807) is 6.08 Å². The van der Waals surface area contributed by atoms with E-state index in [1.165, 1.54) is 0 Å². The molecule has 1 aliphatic rings. The van der Waals surface area contributed by atoms with Crippen molar-refractivity contribution in [2.24, 2.45) is 11.3 Å². The van der Waals surface area contributed by atoms with Crippen LogP contribution in [0, 0.1) is 11.3 Å². The number of carbonyl (C=O) groups excluding carboxylic acids is 1. The minimum Gasteiger partial charge on any atom is -0.480 e. The second-order valence-corrected chi connectivity index (χ2v) is 6.24. The average Bonchev–Trinajstić information content (AvgIpc) is 2.86. The predicted molar refractivity (Wildman–Crippen MR) is 76.5 cm³/mol. The fourth-order valence-electron chi connectivity index (χ4n) is 2.55. The first kappa shape index (κ1) is 16.5. The van der Waals surface area contributed by atoms with Crippen molar-refractivity contribution in [3.63, 3.8) is 0 Å². The van der Waals surface area contributed by atoms with Crippen LogP contribution in [0.1, 0.15) is 46.0 Å². The molecular formula is C15H25NO4. The Balaban J connectivity index is 2.46. The molecule has 20 heavy (non-hydrogen) atoms. The van der Waals surface area contributed by atoms with Gasteiger partial charge in [-0.2, -0.15) is 0 Å². The molecule has 0 radical (unpaired) electrons. The van der Waals surface area contributed by atoms with Gasteiger partial charge in [0.15, 0.2) is 0 Å². The molecule has 0 aromatic carbocycles. The van der Waals surface area contributed by atoms with Gasteiger partial charge in [0.05, 0.1) is 6.61 Å². The molecule has 1 rings (SSSR count). The van der Waals surface area contributed by atoms with E-state index in [4.69, 9.17) is 4.74 Å². The molecule has 0 heterocycles. The monoisotopic (exact) mass is 283 g/mol. The molecule has 1 aliphatic carbocycles. The molecule has 0 bridgehead atoms. The number of alkyl carbamates (subject to hydrolysis) is 1. The van der Waals surface area contributed by atoms with Crippen LogP contribution in [-0.2, 0) is 9.53 Å². The number of nitrogens with one attached hydrogen (secondary N) is 1. The molecule has 0 aromatic rings. The molecular weight excluding hydrogens is 258 g/mol. The number of aliphatic carboxylic acids is 1. The van der Waals surface area contributed by atoms with Crippen LogP contribution in [0.2, 0.25) is 0 Å². The van der Waals surface area contributed by atoms with Crippen LogP contribution in [0.25, 0.3) is 0 Å². The average molecular weight is 283 g/mol. The summed E-state index contributed by atoms with van der Waals surface area (Å²) in [6.45, 7) is 7.83. The highest BCUT2D eigenvalue weighted by Gasteiger charge is 2.32. The third kappa shape index (κ3) is 5.23. The molecule has 0 saturated heterocycles. The van der Waals surface area contributed by atoms with Gasteiger partial charge in [0, 0.05) is 5.41 Å². The van der Waals surface area contributed by atoms with E-state index in [0.717, 1.165) is 32.1 Å². The van der Waals surface area contributed by atoms with Crippen molar-refractivity contribution in [1.29, 1.82) is 0 Å². The number of carbonyl (C=O) groups is 2. The third-order valence-electron chi connectivity index (χ3n) is 3.70. The van der Waals surface area contributed by atoms with Crippen LogP contribution < -0.4 is 5.32 Å². The lowest BCUT2D eigenvalue weighted by Gasteiger charge is -2.24. The normalized spacial score (nSPS) is 17.5. The number of ether oxygens (including phenoxy) is 1. The molecule has 1 saturated carbocycles. The van der Waals surface area contributed by atoms with Crippen LogP contribution in [0.3, 0.4) is 0 Å². The molecule has 5 nitrogen and oxygen atoms in total. The van der Waals surface area contributed by atoms with E-state index < -0.39 is 18.1 Å². The lowest BCUT2D eigenvalue weighted by molar-refractivity contribution is -0.140. The van der Waals surface area contributed by atoms with Crippen molar-refractivity contribution >= 4 is 12.1 Å². The number of carboxylic acid groups (broad SMARTS) is 1. The van der Waals surface area contributed by atoms with E-state index in [-0.39, 0.29) is 17.9 Å². The van der Waals surface area contributed by atoms with E-state index in [2.05, 4.69) is 11.9 Å². The largest absolute Gasteiger partial charge is 0.480 e. The molecule has 0 aliphatic heterocycles. The second kappa shape index (κ2) is 7.31. The van der Waals surface area contributed by atoms with Crippen molar-refractivity contribution in [1.82, 2.24) is 5.32 Å². The molecule has 1 atom stereocenters. The van der Waals surface area contributed by atoms with Gasteiger partial charge in [0.25, 0.3) is 0 Å². The summed E-state index contributed by atoms with van der Waals surface area (Å²) >= 11 is 0. The predicted octanol–water partition coefficient (Wildman–Crippen LogP) is 2.96. The van der Waals surface area contributed by atoms with Gasteiger partial charge >= 0.3 is 12.1 Å². The highest BCUT2D eigenvalue weighted by atomic mass is 16.5. The van der Waals surface area contributed by atoms with Crippen molar-refractivity contribution in [2.75, 3.05) is 6.61 Å². The number of amides is 1. The molecule has 2 N–H and O–H groups in total. The molecule has 1 amide bonds. The Kier molecular flexibility index (Phi) is 6.05. The Labute approximate surface area is 120 Å². The maximum absolute atomic E-state index is 11.7. The quantitative estimate of drug-likeness (QED) is 0.704. The van der Waals surface area contributed by atoms with Crippen LogP contribution in [0.5, 0.6) is 0 Å². The molecule has 1 fully saturated rings. The summed E-state index contributed by atoms with van der Waals surface area (Å²) in [5.41, 5.74) is -0.189. The van der Waals surface area contributed by atoms with Crippen LogP contribution in [-0.4, -0.2) is 29.8 Å². The summed E-state index contributed by atoms with van der Waals surface area (Å²) in [6.07, 6.45) is 5.60.